The molecule has 2 rings (SSSR count). The molecule has 7 heteroatoms. The van der Waals surface area contributed by atoms with E-state index in [0.717, 1.165) is 14.2 Å². The average molecular weight is 342 g/mol. The number of Topliss-reactive ketones (excluding diaryl/α,β-unsaturated/α-hetero) is 1. The normalized spacial score (nSPS) is 19.4. The van der Waals surface area contributed by atoms with Gasteiger partial charge in [0.2, 0.25) is 5.41 Å². The second kappa shape index (κ2) is 7.21. The van der Waals surface area contributed by atoms with Crippen LogP contribution >= 0.6 is 0 Å². The van der Waals surface area contributed by atoms with Crippen LogP contribution in [-0.4, -0.2) is 43.5 Å². The molecule has 0 fully saturated rings. The molecule has 0 N–H and O–H groups in total. The largest absolute Gasteiger partial charge is 0.468 e. The summed E-state index contributed by atoms with van der Waals surface area (Å²) in [6, 6.07) is 6.54. The molecule has 0 radical (unpaired) electrons. The number of benzene rings is 1. The van der Waals surface area contributed by atoms with Crippen molar-refractivity contribution in [2.45, 2.75) is 19.3 Å². The number of carbonyl (C=O) groups is 3. The number of ketones is 1. The molecular weight excluding hydrogens is 324 g/mol. The van der Waals surface area contributed by atoms with Crippen molar-refractivity contribution in [1.29, 1.82) is 0 Å². The topological polar surface area (TPSA) is 94.4 Å². The highest BCUT2D eigenvalue weighted by Gasteiger charge is 2.56. The second-order valence-corrected chi connectivity index (χ2v) is 5.25. The van der Waals surface area contributed by atoms with Crippen molar-refractivity contribution in [2.75, 3.05) is 14.2 Å². The number of para-hydroxylation sites is 1. The standard InChI is InChI=1S/C18H18N2O5/c1-5-8-14-19-11(2)18(17(23)25-4,15(21)16(22)24-3)12-9-6-7-10-13(12)20-14/h5-10H,1-4H3/b8-5+. The Morgan fingerprint density at radius 3 is 2.36 bits per heavy atom. The van der Waals surface area contributed by atoms with Crippen LogP contribution in [0.4, 0.5) is 5.69 Å². The number of fused-ring (bicyclic) bond motifs is 1. The molecule has 1 aromatic carbocycles. The Morgan fingerprint density at radius 1 is 1.08 bits per heavy atom. The number of aliphatic imine (C=N–C) groups is 2. The fraction of sp³-hybridized carbons (Fsp3) is 0.278. The summed E-state index contributed by atoms with van der Waals surface area (Å²) in [6.45, 7) is 3.27. The Balaban J connectivity index is 2.91. The lowest BCUT2D eigenvalue weighted by Crippen LogP contribution is -2.53. The second-order valence-electron chi connectivity index (χ2n) is 5.25. The monoisotopic (exact) mass is 342 g/mol. The van der Waals surface area contributed by atoms with Gasteiger partial charge in [0.25, 0.3) is 5.78 Å². The number of nitrogens with zero attached hydrogens (tertiary/aromatic N) is 2. The minimum absolute atomic E-state index is 0.0801. The lowest BCUT2D eigenvalue weighted by atomic mass is 9.72. The van der Waals surface area contributed by atoms with E-state index in [-0.39, 0.29) is 11.3 Å². The SMILES string of the molecule is C/C=C/C1=Nc2ccccc2C(C(=O)OC)(C(=O)C(=O)OC)C(C)=N1. The molecule has 0 amide bonds. The van der Waals surface area contributed by atoms with E-state index in [0.29, 0.717) is 11.5 Å². The summed E-state index contributed by atoms with van der Waals surface area (Å²) in [7, 11) is 2.21. The maximum atomic E-state index is 12.9. The third-order valence-corrected chi connectivity index (χ3v) is 3.89. The first-order valence-electron chi connectivity index (χ1n) is 7.51. The Labute approximate surface area is 145 Å². The first-order chi connectivity index (χ1) is 11.9. The fourth-order valence-corrected chi connectivity index (χ4v) is 2.75. The van der Waals surface area contributed by atoms with Crippen LogP contribution in [0.2, 0.25) is 0 Å². The molecule has 0 saturated heterocycles. The molecule has 0 aliphatic carbocycles. The number of esters is 2. The molecule has 1 aromatic rings. The van der Waals surface area contributed by atoms with E-state index in [1.54, 1.807) is 43.3 Å². The van der Waals surface area contributed by atoms with Crippen LogP contribution in [0.5, 0.6) is 0 Å². The molecule has 130 valence electrons. The van der Waals surface area contributed by atoms with Crippen LogP contribution in [0, 0.1) is 0 Å². The van der Waals surface area contributed by atoms with Crippen LogP contribution in [0.3, 0.4) is 0 Å². The van der Waals surface area contributed by atoms with Crippen LogP contribution in [0.15, 0.2) is 46.4 Å². The van der Waals surface area contributed by atoms with Gasteiger partial charge in [-0.1, -0.05) is 24.3 Å². The first kappa shape index (κ1) is 18.3. The molecule has 25 heavy (non-hydrogen) atoms. The summed E-state index contributed by atoms with van der Waals surface area (Å²) in [6.07, 6.45) is 3.36. The molecule has 0 spiro atoms. The zero-order chi connectivity index (χ0) is 18.6. The average Bonchev–Trinajstić information content (AvgIpc) is 2.74. The molecule has 1 unspecified atom stereocenters. The van der Waals surface area contributed by atoms with Crippen LogP contribution in [0.1, 0.15) is 19.4 Å². The van der Waals surface area contributed by atoms with Gasteiger partial charge in [0.1, 0.15) is 0 Å². The van der Waals surface area contributed by atoms with Crippen molar-refractivity contribution < 1.29 is 23.9 Å². The van der Waals surface area contributed by atoms with Gasteiger partial charge >= 0.3 is 11.9 Å². The lowest BCUT2D eigenvalue weighted by molar-refractivity contribution is -0.159. The molecule has 1 heterocycles. The highest BCUT2D eigenvalue weighted by atomic mass is 16.5. The summed E-state index contributed by atoms with van der Waals surface area (Å²) in [5.74, 6) is -2.86. The van der Waals surface area contributed by atoms with Gasteiger partial charge in [0.15, 0.2) is 5.84 Å². The molecule has 7 nitrogen and oxygen atoms in total. The van der Waals surface area contributed by atoms with E-state index in [4.69, 9.17) is 4.74 Å². The maximum Gasteiger partial charge on any atom is 0.376 e. The molecule has 1 aliphatic heterocycles. The van der Waals surface area contributed by atoms with Crippen molar-refractivity contribution in [2.24, 2.45) is 9.98 Å². The molecule has 0 bridgehead atoms. The van der Waals surface area contributed by atoms with Crippen molar-refractivity contribution in [3.63, 3.8) is 0 Å². The number of allylic oxidation sites excluding steroid dienone is 1. The highest BCUT2D eigenvalue weighted by Crippen LogP contribution is 2.38. The van der Waals surface area contributed by atoms with Gasteiger partial charge in [-0.2, -0.15) is 0 Å². The van der Waals surface area contributed by atoms with E-state index in [2.05, 4.69) is 14.7 Å². The van der Waals surface area contributed by atoms with Crippen molar-refractivity contribution in [3.8, 4) is 0 Å². The zero-order valence-corrected chi connectivity index (χ0v) is 14.4. The summed E-state index contributed by atoms with van der Waals surface area (Å²) in [5.41, 5.74) is -1.40. The van der Waals surface area contributed by atoms with Gasteiger partial charge in [-0.05, 0) is 26.0 Å². The van der Waals surface area contributed by atoms with E-state index in [1.807, 2.05) is 0 Å². The van der Waals surface area contributed by atoms with Gasteiger partial charge in [-0.15, -0.1) is 0 Å². The van der Waals surface area contributed by atoms with E-state index < -0.39 is 23.1 Å². The van der Waals surface area contributed by atoms with E-state index in [1.165, 1.54) is 6.92 Å². The van der Waals surface area contributed by atoms with Crippen LogP contribution in [0.25, 0.3) is 0 Å². The van der Waals surface area contributed by atoms with Gasteiger partial charge in [-0.3, -0.25) is 9.59 Å². The Morgan fingerprint density at radius 2 is 1.76 bits per heavy atom. The summed E-state index contributed by atoms with van der Waals surface area (Å²) >= 11 is 0. The summed E-state index contributed by atoms with van der Waals surface area (Å²) in [4.78, 5) is 46.4. The molecule has 0 saturated carbocycles. The van der Waals surface area contributed by atoms with Gasteiger partial charge in [0, 0.05) is 11.3 Å². The Hall–Kier alpha value is -3.09. The lowest BCUT2D eigenvalue weighted by Gasteiger charge is -2.28. The molecule has 1 atom stereocenters. The summed E-state index contributed by atoms with van der Waals surface area (Å²) < 4.78 is 9.43. The third-order valence-electron chi connectivity index (χ3n) is 3.89. The fourth-order valence-electron chi connectivity index (χ4n) is 2.75. The van der Waals surface area contributed by atoms with Crippen LogP contribution < -0.4 is 0 Å². The van der Waals surface area contributed by atoms with E-state index >= 15 is 0 Å². The number of methoxy groups -OCH3 is 2. The van der Waals surface area contributed by atoms with Crippen LogP contribution in [-0.2, 0) is 29.3 Å². The number of rotatable bonds is 4. The minimum Gasteiger partial charge on any atom is -0.468 e. The van der Waals surface area contributed by atoms with Crippen molar-refractivity contribution >= 4 is 35.0 Å². The minimum atomic E-state index is -2.05. The van der Waals surface area contributed by atoms with E-state index in [9.17, 15) is 14.4 Å². The smallest absolute Gasteiger partial charge is 0.376 e. The zero-order valence-electron chi connectivity index (χ0n) is 14.4. The Kier molecular flexibility index (Phi) is 5.26. The molecular formula is C18H18N2O5. The van der Waals surface area contributed by atoms with Gasteiger partial charge in [0.05, 0.1) is 19.9 Å². The first-order valence-corrected chi connectivity index (χ1v) is 7.51. The number of amidine groups is 1. The number of ether oxygens (including phenoxy) is 2. The van der Waals surface area contributed by atoms with Crippen molar-refractivity contribution in [1.82, 2.24) is 0 Å². The molecule has 0 aromatic heterocycles. The number of hydrogen-bond acceptors (Lipinski definition) is 7. The van der Waals surface area contributed by atoms with Gasteiger partial charge in [-0.25, -0.2) is 14.8 Å². The summed E-state index contributed by atoms with van der Waals surface area (Å²) in [5, 5.41) is 0. The maximum absolute atomic E-state index is 12.9. The molecule has 1 aliphatic rings. The predicted octanol–water partition coefficient (Wildman–Crippen LogP) is 1.92. The predicted molar refractivity (Wildman–Crippen MR) is 92.2 cm³/mol. The Bertz CT molecular complexity index is 823. The van der Waals surface area contributed by atoms with Gasteiger partial charge < -0.3 is 9.47 Å². The number of hydrogen-bond donors (Lipinski definition) is 0. The highest BCUT2D eigenvalue weighted by molar-refractivity contribution is 6.50. The third kappa shape index (κ3) is 2.88. The van der Waals surface area contributed by atoms with Crippen molar-refractivity contribution in [3.05, 3.63) is 42.0 Å². The number of carbonyl (C=O) groups excluding carboxylic acids is 3. The quantitative estimate of drug-likeness (QED) is 0.473.